The first kappa shape index (κ1) is 13.5. The van der Waals surface area contributed by atoms with E-state index in [2.05, 4.69) is 32.9 Å². The number of carboxylic acids is 1. The van der Waals surface area contributed by atoms with Gasteiger partial charge in [0.1, 0.15) is 5.69 Å². The largest absolute Gasteiger partial charge is 0.478 e. The van der Waals surface area contributed by atoms with E-state index in [1.165, 1.54) is 18.3 Å². The van der Waals surface area contributed by atoms with Gasteiger partial charge < -0.3 is 10.4 Å². The molecule has 6 heteroatoms. The Morgan fingerprint density at radius 2 is 1.89 bits per heavy atom. The van der Waals surface area contributed by atoms with Gasteiger partial charge in [0.15, 0.2) is 0 Å². The molecule has 2 rings (SSSR count). The number of pyridine rings is 1. The molecule has 0 radical (unpaired) electrons. The smallest absolute Gasteiger partial charge is 0.338 e. The summed E-state index contributed by atoms with van der Waals surface area (Å²) >= 11 is 2.08. The van der Waals surface area contributed by atoms with E-state index in [4.69, 9.17) is 5.11 Å². The normalized spacial score (nSPS) is 9.95. The molecule has 0 aliphatic rings. The van der Waals surface area contributed by atoms with E-state index < -0.39 is 11.9 Å². The van der Waals surface area contributed by atoms with Crippen LogP contribution in [0.4, 0.5) is 5.69 Å². The molecule has 0 aliphatic heterocycles. The summed E-state index contributed by atoms with van der Waals surface area (Å²) in [5.74, 6) is -1.72. The van der Waals surface area contributed by atoms with Crippen LogP contribution < -0.4 is 5.32 Å². The third-order valence-electron chi connectivity index (χ3n) is 2.38. The number of halogens is 1. The summed E-state index contributed by atoms with van der Waals surface area (Å²) in [6.07, 6.45) is 1.39. The van der Waals surface area contributed by atoms with Crippen molar-refractivity contribution in [3.63, 3.8) is 0 Å². The minimum atomic E-state index is -1.18. The molecule has 1 heterocycles. The van der Waals surface area contributed by atoms with Gasteiger partial charge >= 0.3 is 5.97 Å². The number of carboxylic acid groups (broad SMARTS) is 1. The second-order valence-electron chi connectivity index (χ2n) is 3.64. The van der Waals surface area contributed by atoms with Crippen LogP contribution in [0.1, 0.15) is 20.8 Å². The van der Waals surface area contributed by atoms with Crippen LogP contribution in [0.2, 0.25) is 0 Å². The number of hydrogen-bond acceptors (Lipinski definition) is 3. The van der Waals surface area contributed by atoms with Crippen LogP contribution in [-0.4, -0.2) is 22.0 Å². The van der Waals surface area contributed by atoms with E-state index in [0.717, 1.165) is 3.57 Å². The van der Waals surface area contributed by atoms with Crippen molar-refractivity contribution in [3.8, 4) is 0 Å². The van der Waals surface area contributed by atoms with Crippen molar-refractivity contribution in [2.24, 2.45) is 0 Å². The molecule has 0 unspecified atom stereocenters. The van der Waals surface area contributed by atoms with E-state index in [9.17, 15) is 9.59 Å². The lowest BCUT2D eigenvalue weighted by molar-refractivity contribution is 0.0691. The molecular weight excluding hydrogens is 359 g/mol. The molecule has 1 amide bonds. The molecule has 0 fully saturated rings. The third kappa shape index (κ3) is 3.08. The Hall–Kier alpha value is -1.96. The van der Waals surface area contributed by atoms with Gasteiger partial charge in [-0.25, -0.2) is 4.79 Å². The summed E-state index contributed by atoms with van der Waals surface area (Å²) in [4.78, 5) is 26.9. The van der Waals surface area contributed by atoms with E-state index in [1.807, 2.05) is 12.1 Å². The van der Waals surface area contributed by atoms with Gasteiger partial charge in [-0.1, -0.05) is 12.1 Å². The molecule has 0 aliphatic carbocycles. The van der Waals surface area contributed by atoms with Crippen molar-refractivity contribution in [1.29, 1.82) is 0 Å². The molecule has 0 spiro atoms. The number of para-hydroxylation sites is 1. The molecule has 5 nitrogen and oxygen atoms in total. The molecule has 1 aromatic heterocycles. The zero-order valence-electron chi connectivity index (χ0n) is 9.63. The van der Waals surface area contributed by atoms with Crippen LogP contribution in [0, 0.1) is 3.57 Å². The molecule has 0 saturated heterocycles. The minimum absolute atomic E-state index is 0.102. The first-order valence-corrected chi connectivity index (χ1v) is 6.41. The SMILES string of the molecule is O=C(O)c1cccnc1C(=O)Nc1ccccc1I. The molecule has 2 N–H and O–H groups in total. The predicted octanol–water partition coefficient (Wildman–Crippen LogP) is 2.64. The lowest BCUT2D eigenvalue weighted by Gasteiger charge is -2.08. The Labute approximate surface area is 122 Å². The number of nitrogens with zero attached hydrogens (tertiary/aromatic N) is 1. The highest BCUT2D eigenvalue weighted by Crippen LogP contribution is 2.18. The Bertz CT molecular complexity index is 643. The number of carbonyl (C=O) groups excluding carboxylic acids is 1. The number of nitrogens with one attached hydrogen (secondary N) is 1. The van der Waals surface area contributed by atoms with Crippen molar-refractivity contribution in [1.82, 2.24) is 4.98 Å². The second kappa shape index (κ2) is 5.79. The third-order valence-corrected chi connectivity index (χ3v) is 3.32. The lowest BCUT2D eigenvalue weighted by Crippen LogP contribution is -2.18. The fourth-order valence-corrected chi connectivity index (χ4v) is 2.03. The van der Waals surface area contributed by atoms with Gasteiger partial charge in [-0.3, -0.25) is 9.78 Å². The van der Waals surface area contributed by atoms with E-state index in [0.29, 0.717) is 5.69 Å². The fraction of sp³-hybridized carbons (Fsp3) is 0. The number of rotatable bonds is 3. The van der Waals surface area contributed by atoms with Gasteiger partial charge in [0.2, 0.25) is 0 Å². The van der Waals surface area contributed by atoms with Gasteiger partial charge in [-0.05, 0) is 46.9 Å². The molecule has 96 valence electrons. The maximum atomic E-state index is 12.1. The van der Waals surface area contributed by atoms with Crippen LogP contribution in [0.25, 0.3) is 0 Å². The van der Waals surface area contributed by atoms with Gasteiger partial charge in [0, 0.05) is 9.77 Å². The molecule has 0 bridgehead atoms. The van der Waals surface area contributed by atoms with E-state index in [1.54, 1.807) is 12.1 Å². The first-order chi connectivity index (χ1) is 9.09. The molecular formula is C13H9IN2O3. The molecule has 1 aromatic carbocycles. The van der Waals surface area contributed by atoms with Gasteiger partial charge in [0.25, 0.3) is 5.91 Å². The van der Waals surface area contributed by atoms with Crippen molar-refractivity contribution in [2.45, 2.75) is 0 Å². The number of carbonyl (C=O) groups is 2. The van der Waals surface area contributed by atoms with E-state index >= 15 is 0 Å². The Kier molecular flexibility index (Phi) is 4.10. The van der Waals surface area contributed by atoms with Crippen molar-refractivity contribution in [3.05, 3.63) is 57.4 Å². The highest BCUT2D eigenvalue weighted by molar-refractivity contribution is 14.1. The van der Waals surface area contributed by atoms with Crippen LogP contribution in [0.5, 0.6) is 0 Å². The van der Waals surface area contributed by atoms with Crippen LogP contribution in [-0.2, 0) is 0 Å². The Balaban J connectivity index is 2.31. The summed E-state index contributed by atoms with van der Waals surface area (Å²) in [7, 11) is 0. The van der Waals surface area contributed by atoms with Crippen LogP contribution >= 0.6 is 22.6 Å². The number of hydrogen-bond donors (Lipinski definition) is 2. The zero-order chi connectivity index (χ0) is 13.8. The number of anilines is 1. The van der Waals surface area contributed by atoms with Crippen molar-refractivity contribution >= 4 is 40.2 Å². The average Bonchev–Trinajstić information content (AvgIpc) is 2.41. The second-order valence-corrected chi connectivity index (χ2v) is 4.80. The average molecular weight is 368 g/mol. The summed E-state index contributed by atoms with van der Waals surface area (Å²) in [6.45, 7) is 0. The maximum absolute atomic E-state index is 12.1. The highest BCUT2D eigenvalue weighted by atomic mass is 127. The van der Waals surface area contributed by atoms with Gasteiger partial charge in [-0.15, -0.1) is 0 Å². The molecule has 0 saturated carbocycles. The standard InChI is InChI=1S/C13H9IN2O3/c14-9-5-1-2-6-10(9)16-12(17)11-8(13(18)19)4-3-7-15-11/h1-7H,(H,16,17)(H,18,19). The van der Waals surface area contributed by atoms with Gasteiger partial charge in [-0.2, -0.15) is 0 Å². The topological polar surface area (TPSA) is 79.3 Å². The highest BCUT2D eigenvalue weighted by Gasteiger charge is 2.18. The number of benzene rings is 1. The summed E-state index contributed by atoms with van der Waals surface area (Å²) < 4.78 is 0.862. The Morgan fingerprint density at radius 3 is 2.58 bits per heavy atom. The maximum Gasteiger partial charge on any atom is 0.338 e. The van der Waals surface area contributed by atoms with Gasteiger partial charge in [0.05, 0.1) is 11.3 Å². The van der Waals surface area contributed by atoms with Crippen LogP contribution in [0.3, 0.4) is 0 Å². The van der Waals surface area contributed by atoms with Crippen LogP contribution in [0.15, 0.2) is 42.6 Å². The zero-order valence-corrected chi connectivity index (χ0v) is 11.8. The summed E-state index contributed by atoms with van der Waals surface area (Å²) in [6, 6.07) is 10.0. The van der Waals surface area contributed by atoms with Crippen molar-refractivity contribution < 1.29 is 14.7 Å². The predicted molar refractivity (Wildman–Crippen MR) is 78.3 cm³/mol. The number of aromatic nitrogens is 1. The summed E-state index contributed by atoms with van der Waals surface area (Å²) in [5.41, 5.74) is 0.399. The Morgan fingerprint density at radius 1 is 1.16 bits per heavy atom. The first-order valence-electron chi connectivity index (χ1n) is 5.34. The number of aromatic carboxylic acids is 1. The lowest BCUT2D eigenvalue weighted by atomic mass is 10.2. The van der Waals surface area contributed by atoms with Crippen molar-refractivity contribution in [2.75, 3.05) is 5.32 Å². The molecule has 2 aromatic rings. The van der Waals surface area contributed by atoms with E-state index in [-0.39, 0.29) is 11.3 Å². The quantitative estimate of drug-likeness (QED) is 0.817. The number of amides is 1. The summed E-state index contributed by atoms with van der Waals surface area (Å²) in [5, 5.41) is 11.7. The fourth-order valence-electron chi connectivity index (χ4n) is 1.50. The molecule has 19 heavy (non-hydrogen) atoms. The minimum Gasteiger partial charge on any atom is -0.478 e. The molecule has 0 atom stereocenters. The monoisotopic (exact) mass is 368 g/mol.